The highest BCUT2D eigenvalue weighted by Gasteiger charge is 2.67. The van der Waals surface area contributed by atoms with E-state index < -0.39 is 23.7 Å². The second-order valence-corrected chi connectivity index (χ2v) is 6.55. The van der Waals surface area contributed by atoms with Gasteiger partial charge in [-0.25, -0.2) is 4.79 Å². The van der Waals surface area contributed by atoms with Gasteiger partial charge in [-0.1, -0.05) is 24.3 Å². The zero-order valence-corrected chi connectivity index (χ0v) is 17.3. The summed E-state index contributed by atoms with van der Waals surface area (Å²) >= 11 is 0. The van der Waals surface area contributed by atoms with E-state index in [9.17, 15) is 22.8 Å². The van der Waals surface area contributed by atoms with Gasteiger partial charge in [0.05, 0.1) is 27.9 Å². The van der Waals surface area contributed by atoms with Crippen molar-refractivity contribution in [1.82, 2.24) is 5.32 Å². The van der Waals surface area contributed by atoms with Crippen LogP contribution in [-0.2, 0) is 16.0 Å². The fraction of sp³-hybridized carbons (Fsp3) is 0.333. The van der Waals surface area contributed by atoms with E-state index in [2.05, 4.69) is 4.74 Å². The van der Waals surface area contributed by atoms with Crippen molar-refractivity contribution >= 4 is 11.9 Å². The highest BCUT2D eigenvalue weighted by molar-refractivity contribution is 5.97. The molecule has 2 aromatic rings. The van der Waals surface area contributed by atoms with Crippen molar-refractivity contribution in [2.45, 2.75) is 18.3 Å². The maximum absolute atomic E-state index is 14.0. The molecule has 0 saturated carbocycles. The minimum absolute atomic E-state index is 0.0201. The van der Waals surface area contributed by atoms with Gasteiger partial charge in [-0.05, 0) is 29.8 Å². The van der Waals surface area contributed by atoms with Crippen LogP contribution < -0.4 is 20.1 Å². The van der Waals surface area contributed by atoms with Crippen molar-refractivity contribution < 1.29 is 42.3 Å². The number of halogens is 3. The number of carbonyl (C=O) groups excluding carboxylic acids is 2. The Morgan fingerprint density at radius 1 is 0.968 bits per heavy atom. The third-order valence-electron chi connectivity index (χ3n) is 4.63. The smallest absolute Gasteiger partial charge is 0.478 e. The number of amides is 1. The SMILES string of the molecule is COC(=O)[C@](NC(=O)c1ccccc1)([NH2+]CCc1ccc(OC)c(OC)c1)C(F)(F)F. The first kappa shape index (κ1) is 24.0. The Morgan fingerprint density at radius 3 is 2.16 bits per heavy atom. The van der Waals surface area contributed by atoms with E-state index in [0.717, 1.165) is 12.4 Å². The number of nitrogens with two attached hydrogens (primary N) is 1. The van der Waals surface area contributed by atoms with Crippen LogP contribution in [0.5, 0.6) is 11.5 Å². The molecule has 0 aliphatic carbocycles. The summed E-state index contributed by atoms with van der Waals surface area (Å²) in [6.45, 7) is -0.181. The van der Waals surface area contributed by atoms with E-state index in [4.69, 9.17) is 9.47 Å². The van der Waals surface area contributed by atoms with Gasteiger partial charge in [0.15, 0.2) is 11.5 Å². The third kappa shape index (κ3) is 5.46. The number of hydrogen-bond acceptors (Lipinski definition) is 5. The molecule has 2 rings (SSSR count). The highest BCUT2D eigenvalue weighted by atomic mass is 19.4. The molecule has 0 fully saturated rings. The molecule has 2 aromatic carbocycles. The molecular weight excluding hydrogens is 417 g/mol. The van der Waals surface area contributed by atoms with Gasteiger partial charge >= 0.3 is 17.8 Å². The number of ether oxygens (including phenoxy) is 3. The van der Waals surface area contributed by atoms with Gasteiger partial charge in [0.2, 0.25) is 0 Å². The molecule has 0 heterocycles. The van der Waals surface area contributed by atoms with E-state index >= 15 is 0 Å². The first-order valence-electron chi connectivity index (χ1n) is 9.26. The van der Waals surface area contributed by atoms with Gasteiger partial charge in [-0.15, -0.1) is 0 Å². The number of carbonyl (C=O) groups is 2. The van der Waals surface area contributed by atoms with Crippen LogP contribution in [0.2, 0.25) is 0 Å². The fourth-order valence-electron chi connectivity index (χ4n) is 2.98. The summed E-state index contributed by atoms with van der Waals surface area (Å²) in [5, 5.41) is 2.54. The van der Waals surface area contributed by atoms with Gasteiger partial charge < -0.3 is 19.5 Å². The maximum Gasteiger partial charge on any atom is 0.478 e. The molecule has 0 spiro atoms. The van der Waals surface area contributed by atoms with Crippen molar-refractivity contribution in [2.75, 3.05) is 27.9 Å². The minimum atomic E-state index is -5.12. The summed E-state index contributed by atoms with van der Waals surface area (Å²) in [7, 11) is 3.74. The zero-order chi connectivity index (χ0) is 23.1. The second kappa shape index (κ2) is 10.2. The highest BCUT2D eigenvalue weighted by Crippen LogP contribution is 2.28. The van der Waals surface area contributed by atoms with Gasteiger partial charge in [0, 0.05) is 12.0 Å². The molecule has 0 unspecified atom stereocenters. The van der Waals surface area contributed by atoms with Crippen molar-refractivity contribution in [3.05, 3.63) is 59.7 Å². The first-order chi connectivity index (χ1) is 14.7. The minimum Gasteiger partial charge on any atom is -0.493 e. The Labute approximate surface area is 177 Å². The normalized spacial score (nSPS) is 13.1. The van der Waals surface area contributed by atoms with Crippen LogP contribution in [-0.4, -0.2) is 51.6 Å². The molecule has 10 heteroatoms. The van der Waals surface area contributed by atoms with Crippen LogP contribution in [0.4, 0.5) is 13.2 Å². The number of hydrogen-bond donors (Lipinski definition) is 2. The molecule has 1 amide bonds. The quantitative estimate of drug-likeness (QED) is 0.457. The molecule has 0 saturated heterocycles. The molecule has 7 nitrogen and oxygen atoms in total. The molecule has 0 aliphatic heterocycles. The molecule has 3 N–H and O–H groups in total. The molecule has 168 valence electrons. The van der Waals surface area contributed by atoms with Crippen molar-refractivity contribution in [3.63, 3.8) is 0 Å². The Kier molecular flexibility index (Phi) is 7.87. The van der Waals surface area contributed by atoms with E-state index in [1.165, 1.54) is 38.5 Å². The van der Waals surface area contributed by atoms with Crippen molar-refractivity contribution in [3.8, 4) is 11.5 Å². The van der Waals surface area contributed by atoms with Crippen LogP contribution in [0.15, 0.2) is 48.5 Å². The lowest BCUT2D eigenvalue weighted by Crippen LogP contribution is -3.07. The van der Waals surface area contributed by atoms with Gasteiger partial charge in [0.25, 0.3) is 5.91 Å². The van der Waals surface area contributed by atoms with Crippen molar-refractivity contribution in [1.29, 1.82) is 0 Å². The molecule has 0 aliphatic rings. The topological polar surface area (TPSA) is 90.5 Å². The Bertz CT molecular complexity index is 906. The molecule has 0 bridgehead atoms. The monoisotopic (exact) mass is 441 g/mol. The lowest BCUT2D eigenvalue weighted by atomic mass is 10.1. The summed E-state index contributed by atoms with van der Waals surface area (Å²) in [5.41, 5.74) is -2.66. The zero-order valence-electron chi connectivity index (χ0n) is 17.3. The first-order valence-corrected chi connectivity index (χ1v) is 9.26. The van der Waals surface area contributed by atoms with E-state index in [1.807, 2.05) is 5.32 Å². The summed E-state index contributed by atoms with van der Waals surface area (Å²) in [6.07, 6.45) is -4.97. The summed E-state index contributed by atoms with van der Waals surface area (Å²) in [4.78, 5) is 24.7. The molecular formula is C21H24F3N2O5+. The number of rotatable bonds is 9. The number of nitrogens with one attached hydrogen (secondary N) is 1. The van der Waals surface area contributed by atoms with Crippen LogP contribution in [0, 0.1) is 0 Å². The second-order valence-electron chi connectivity index (χ2n) is 6.55. The van der Waals surface area contributed by atoms with Crippen LogP contribution >= 0.6 is 0 Å². The molecule has 0 aromatic heterocycles. The summed E-state index contributed by atoms with van der Waals surface area (Å²) < 4.78 is 56.9. The molecule has 0 radical (unpaired) electrons. The predicted molar refractivity (Wildman–Crippen MR) is 105 cm³/mol. The Morgan fingerprint density at radius 2 is 1.61 bits per heavy atom. The number of methoxy groups -OCH3 is 3. The van der Waals surface area contributed by atoms with Crippen LogP contribution in [0.1, 0.15) is 15.9 Å². The fourth-order valence-corrected chi connectivity index (χ4v) is 2.98. The number of quaternary nitrogens is 1. The largest absolute Gasteiger partial charge is 0.493 e. The molecule has 31 heavy (non-hydrogen) atoms. The van der Waals surface area contributed by atoms with E-state index in [0.29, 0.717) is 17.1 Å². The third-order valence-corrected chi connectivity index (χ3v) is 4.63. The van der Waals surface area contributed by atoms with Crippen LogP contribution in [0.25, 0.3) is 0 Å². The van der Waals surface area contributed by atoms with Gasteiger partial charge in [0.1, 0.15) is 0 Å². The summed E-state index contributed by atoms with van der Waals surface area (Å²) in [6, 6.07) is 12.2. The lowest BCUT2D eigenvalue weighted by Gasteiger charge is -2.31. The van der Waals surface area contributed by atoms with Gasteiger partial charge in [-0.3, -0.25) is 10.1 Å². The number of benzene rings is 2. The predicted octanol–water partition coefficient (Wildman–Crippen LogP) is 1.67. The van der Waals surface area contributed by atoms with Crippen molar-refractivity contribution in [2.24, 2.45) is 0 Å². The summed E-state index contributed by atoms with van der Waals surface area (Å²) in [5.74, 6) is -1.78. The van der Waals surface area contributed by atoms with E-state index in [1.54, 1.807) is 24.3 Å². The Balaban J connectivity index is 2.26. The lowest BCUT2D eigenvalue weighted by molar-refractivity contribution is -0.743. The number of alkyl halides is 3. The van der Waals surface area contributed by atoms with Gasteiger partial charge in [-0.2, -0.15) is 13.2 Å². The average molecular weight is 441 g/mol. The molecule has 1 atom stereocenters. The average Bonchev–Trinajstić information content (AvgIpc) is 2.77. The van der Waals surface area contributed by atoms with E-state index in [-0.39, 0.29) is 18.5 Å². The number of esters is 1. The Hall–Kier alpha value is -3.27. The van der Waals surface area contributed by atoms with Crippen LogP contribution in [0.3, 0.4) is 0 Å². The maximum atomic E-state index is 14.0. The standard InChI is InChI=1S/C21H23F3N2O5/c1-29-16-10-9-14(13-17(16)30-2)11-12-25-20(19(28)31-3,21(22,23)24)26-18(27)15-7-5-4-6-8-15/h4-10,13,25H,11-12H2,1-3H3,(H,26,27)/p+1/t20-/m1/s1.